The summed E-state index contributed by atoms with van der Waals surface area (Å²) < 4.78 is 0. The Morgan fingerprint density at radius 3 is 2.89 bits per heavy atom. The molecule has 0 bridgehead atoms. The maximum Gasteiger partial charge on any atom is 0.261 e. The van der Waals surface area contributed by atoms with Crippen LogP contribution in [0.4, 0.5) is 0 Å². The highest BCUT2D eigenvalue weighted by atomic mass is 32.1. The van der Waals surface area contributed by atoms with Crippen LogP contribution in [0, 0.1) is 18.3 Å². The normalized spacial score (nSPS) is 17.3. The second kappa shape index (κ2) is 5.98. The third kappa shape index (κ3) is 3.09. The van der Waals surface area contributed by atoms with E-state index < -0.39 is 0 Å². The number of nitrogens with one attached hydrogen (secondary N) is 1. The summed E-state index contributed by atoms with van der Waals surface area (Å²) in [5.41, 5.74) is 1.04. The fourth-order valence-electron chi connectivity index (χ4n) is 2.19. The largest absolute Gasteiger partial charge is 0.349 e. The summed E-state index contributed by atoms with van der Waals surface area (Å²) in [6.45, 7) is 4.23. The van der Waals surface area contributed by atoms with Gasteiger partial charge in [0, 0.05) is 19.1 Å². The zero-order valence-electron chi connectivity index (χ0n) is 10.5. The summed E-state index contributed by atoms with van der Waals surface area (Å²) in [5.74, 6) is 0.0428. The zero-order valence-corrected chi connectivity index (χ0v) is 11.3. The van der Waals surface area contributed by atoms with Crippen LogP contribution in [0.5, 0.6) is 0 Å². The summed E-state index contributed by atoms with van der Waals surface area (Å²) in [6, 6.07) is 4.37. The lowest BCUT2D eigenvalue weighted by molar-refractivity contribution is 0.0918. The van der Waals surface area contributed by atoms with Gasteiger partial charge in [0.05, 0.1) is 17.5 Å². The molecule has 5 heteroatoms. The number of aryl methyl sites for hydroxylation is 1. The van der Waals surface area contributed by atoms with Gasteiger partial charge in [0.2, 0.25) is 0 Å². The number of thiophene rings is 1. The van der Waals surface area contributed by atoms with Gasteiger partial charge in [-0.3, -0.25) is 9.69 Å². The molecule has 4 nitrogen and oxygen atoms in total. The number of amides is 1. The topological polar surface area (TPSA) is 56.1 Å². The van der Waals surface area contributed by atoms with E-state index in [2.05, 4.69) is 16.3 Å². The van der Waals surface area contributed by atoms with Crippen LogP contribution in [-0.4, -0.2) is 36.5 Å². The van der Waals surface area contributed by atoms with Gasteiger partial charge in [0.25, 0.3) is 5.91 Å². The Balaban J connectivity index is 1.84. The first-order valence-corrected chi connectivity index (χ1v) is 7.03. The fourth-order valence-corrected chi connectivity index (χ4v) is 3.02. The van der Waals surface area contributed by atoms with Crippen molar-refractivity contribution in [2.24, 2.45) is 0 Å². The van der Waals surface area contributed by atoms with Crippen molar-refractivity contribution in [1.82, 2.24) is 10.2 Å². The van der Waals surface area contributed by atoms with E-state index in [0.717, 1.165) is 36.4 Å². The molecule has 0 atom stereocenters. The highest BCUT2D eigenvalue weighted by Gasteiger charge is 2.21. The molecule has 18 heavy (non-hydrogen) atoms. The molecule has 1 aromatic rings. The lowest BCUT2D eigenvalue weighted by atomic mass is 10.0. The zero-order chi connectivity index (χ0) is 13.0. The van der Waals surface area contributed by atoms with E-state index >= 15 is 0 Å². The third-order valence-electron chi connectivity index (χ3n) is 3.29. The number of nitriles is 1. The van der Waals surface area contributed by atoms with Gasteiger partial charge in [0.15, 0.2) is 0 Å². The van der Waals surface area contributed by atoms with Gasteiger partial charge < -0.3 is 5.32 Å². The van der Waals surface area contributed by atoms with Crippen LogP contribution >= 0.6 is 11.3 Å². The maximum atomic E-state index is 12.0. The second-order valence-electron chi connectivity index (χ2n) is 4.61. The van der Waals surface area contributed by atoms with Crippen LogP contribution < -0.4 is 5.32 Å². The maximum absolute atomic E-state index is 12.0. The van der Waals surface area contributed by atoms with E-state index in [-0.39, 0.29) is 11.9 Å². The molecule has 2 heterocycles. The van der Waals surface area contributed by atoms with Crippen molar-refractivity contribution in [3.05, 3.63) is 21.9 Å². The van der Waals surface area contributed by atoms with Crippen molar-refractivity contribution in [1.29, 1.82) is 5.26 Å². The smallest absolute Gasteiger partial charge is 0.261 e. The van der Waals surface area contributed by atoms with Crippen LogP contribution in [0.1, 0.15) is 28.1 Å². The average molecular weight is 263 g/mol. The Morgan fingerprint density at radius 1 is 1.61 bits per heavy atom. The van der Waals surface area contributed by atoms with E-state index in [1.54, 1.807) is 0 Å². The van der Waals surface area contributed by atoms with Gasteiger partial charge in [0.1, 0.15) is 0 Å². The summed E-state index contributed by atoms with van der Waals surface area (Å²) in [6.07, 6.45) is 1.86. The minimum Gasteiger partial charge on any atom is -0.349 e. The number of likely N-dealkylation sites (tertiary alicyclic amines) is 1. The van der Waals surface area contributed by atoms with Gasteiger partial charge in [-0.05, 0) is 36.8 Å². The van der Waals surface area contributed by atoms with Gasteiger partial charge >= 0.3 is 0 Å². The highest BCUT2D eigenvalue weighted by molar-refractivity contribution is 7.12. The molecule has 1 aliphatic heterocycles. The molecule has 0 aromatic carbocycles. The second-order valence-corrected chi connectivity index (χ2v) is 5.53. The summed E-state index contributed by atoms with van der Waals surface area (Å²) in [5, 5.41) is 13.7. The summed E-state index contributed by atoms with van der Waals surface area (Å²) >= 11 is 1.49. The molecule has 0 saturated carbocycles. The Labute approximate surface area is 111 Å². The monoisotopic (exact) mass is 263 g/mol. The first-order chi connectivity index (χ1) is 8.70. The van der Waals surface area contributed by atoms with Crippen molar-refractivity contribution in [2.75, 3.05) is 19.6 Å². The van der Waals surface area contributed by atoms with Crippen LogP contribution in [0.3, 0.4) is 0 Å². The number of piperidine rings is 1. The van der Waals surface area contributed by atoms with Crippen molar-refractivity contribution in [3.63, 3.8) is 0 Å². The van der Waals surface area contributed by atoms with Crippen molar-refractivity contribution in [2.45, 2.75) is 25.8 Å². The Hall–Kier alpha value is -1.38. The van der Waals surface area contributed by atoms with Crippen molar-refractivity contribution < 1.29 is 4.79 Å². The number of nitrogens with zero attached hydrogens (tertiary/aromatic N) is 2. The van der Waals surface area contributed by atoms with E-state index in [9.17, 15) is 4.79 Å². The molecule has 0 radical (unpaired) electrons. The fraction of sp³-hybridized carbons (Fsp3) is 0.538. The summed E-state index contributed by atoms with van der Waals surface area (Å²) in [7, 11) is 0. The molecule has 2 rings (SSSR count). The lowest BCUT2D eigenvalue weighted by Crippen LogP contribution is -2.44. The van der Waals surface area contributed by atoms with Crippen LogP contribution in [0.2, 0.25) is 0 Å². The Morgan fingerprint density at radius 2 is 2.33 bits per heavy atom. The number of carbonyl (C=O) groups is 1. The van der Waals surface area contributed by atoms with E-state index in [1.807, 2.05) is 18.4 Å². The SMILES string of the molecule is Cc1ccsc1C(=O)NC1CCN(CC#N)CC1. The van der Waals surface area contributed by atoms with Crippen LogP contribution in [0.15, 0.2) is 11.4 Å². The molecule has 0 unspecified atom stereocenters. The average Bonchev–Trinajstić information content (AvgIpc) is 2.78. The van der Waals surface area contributed by atoms with E-state index in [1.165, 1.54) is 11.3 Å². The van der Waals surface area contributed by atoms with Gasteiger partial charge in [-0.2, -0.15) is 5.26 Å². The number of hydrogen-bond acceptors (Lipinski definition) is 4. The molecular formula is C13H17N3OS. The highest BCUT2D eigenvalue weighted by Crippen LogP contribution is 2.17. The predicted molar refractivity (Wildman–Crippen MR) is 71.6 cm³/mol. The molecule has 96 valence electrons. The van der Waals surface area contributed by atoms with Gasteiger partial charge in [-0.25, -0.2) is 0 Å². The molecule has 1 N–H and O–H groups in total. The minimum atomic E-state index is 0.0428. The Kier molecular flexibility index (Phi) is 4.34. The molecular weight excluding hydrogens is 246 g/mol. The third-order valence-corrected chi connectivity index (χ3v) is 4.30. The predicted octanol–water partition coefficient (Wildman–Crippen LogP) is 1.77. The molecule has 0 spiro atoms. The van der Waals surface area contributed by atoms with E-state index in [0.29, 0.717) is 6.54 Å². The molecule has 0 aliphatic carbocycles. The van der Waals surface area contributed by atoms with Crippen molar-refractivity contribution >= 4 is 17.2 Å². The number of rotatable bonds is 3. The summed E-state index contributed by atoms with van der Waals surface area (Å²) in [4.78, 5) is 15.0. The first-order valence-electron chi connectivity index (χ1n) is 6.15. The molecule has 1 fully saturated rings. The number of hydrogen-bond donors (Lipinski definition) is 1. The molecule has 1 aromatic heterocycles. The number of carbonyl (C=O) groups excluding carboxylic acids is 1. The van der Waals surface area contributed by atoms with E-state index in [4.69, 9.17) is 5.26 Å². The quantitative estimate of drug-likeness (QED) is 0.846. The minimum absolute atomic E-state index is 0.0428. The van der Waals surface area contributed by atoms with Crippen LogP contribution in [-0.2, 0) is 0 Å². The van der Waals surface area contributed by atoms with Crippen LogP contribution in [0.25, 0.3) is 0 Å². The standard InChI is InChI=1S/C13H17N3OS/c1-10-4-9-18-12(10)13(17)15-11-2-6-16(7-3-11)8-5-14/h4,9,11H,2-3,6-8H2,1H3,(H,15,17). The van der Waals surface area contributed by atoms with Gasteiger partial charge in [-0.1, -0.05) is 0 Å². The first kappa shape index (κ1) is 13.1. The molecule has 1 aliphatic rings. The lowest BCUT2D eigenvalue weighted by Gasteiger charge is -2.30. The van der Waals surface area contributed by atoms with Gasteiger partial charge in [-0.15, -0.1) is 11.3 Å². The van der Waals surface area contributed by atoms with Crippen molar-refractivity contribution in [3.8, 4) is 6.07 Å². The Bertz CT molecular complexity index is 455. The molecule has 1 saturated heterocycles. The molecule has 1 amide bonds.